The minimum atomic E-state index is 0.438. The Hall–Kier alpha value is -0.350. The third-order valence-corrected chi connectivity index (χ3v) is 4.32. The molecule has 0 bridgehead atoms. The Morgan fingerprint density at radius 1 is 1.53 bits per heavy atom. The lowest BCUT2D eigenvalue weighted by Gasteiger charge is -2.32. The molecule has 1 unspecified atom stereocenters. The number of hydrogen-bond acceptors (Lipinski definition) is 2. The summed E-state index contributed by atoms with van der Waals surface area (Å²) in [5.74, 6) is 0.700. The zero-order valence-electron chi connectivity index (χ0n) is 8.97. The fourth-order valence-electron chi connectivity index (χ4n) is 2.23. The molecule has 0 spiro atoms. The van der Waals surface area contributed by atoms with Crippen LogP contribution in [0.3, 0.4) is 0 Å². The molecular weight excluding hydrogens is 256 g/mol. The standard InChI is InChI=1S/C11H17BrN2O/c1-15-10-3-2-9(11(12)6-10)7-14-5-4-13-8-14/h4-5,8-11H,2-3,6-7H2,1H3/t9-,10-,11?/m0/s1. The summed E-state index contributed by atoms with van der Waals surface area (Å²) in [6.07, 6.45) is 9.72. The number of hydrogen-bond donors (Lipinski definition) is 0. The van der Waals surface area contributed by atoms with Crippen LogP contribution in [0.2, 0.25) is 0 Å². The molecule has 1 heterocycles. The predicted octanol–water partition coefficient (Wildman–Crippen LogP) is 2.46. The molecular formula is C11H17BrN2O. The first-order valence-corrected chi connectivity index (χ1v) is 6.33. The summed E-state index contributed by atoms with van der Waals surface area (Å²) in [7, 11) is 1.81. The van der Waals surface area contributed by atoms with E-state index < -0.39 is 0 Å². The normalized spacial score (nSPS) is 31.7. The van der Waals surface area contributed by atoms with Crippen molar-refractivity contribution in [3.05, 3.63) is 18.7 Å². The van der Waals surface area contributed by atoms with Crippen molar-refractivity contribution in [1.29, 1.82) is 0 Å². The van der Waals surface area contributed by atoms with Gasteiger partial charge in [-0.3, -0.25) is 0 Å². The van der Waals surface area contributed by atoms with E-state index in [2.05, 4.69) is 25.5 Å². The highest BCUT2D eigenvalue weighted by atomic mass is 79.9. The molecule has 1 aromatic heterocycles. The lowest BCUT2D eigenvalue weighted by Crippen LogP contribution is -2.31. The van der Waals surface area contributed by atoms with E-state index >= 15 is 0 Å². The van der Waals surface area contributed by atoms with Gasteiger partial charge in [0, 0.05) is 30.9 Å². The quantitative estimate of drug-likeness (QED) is 0.791. The van der Waals surface area contributed by atoms with Crippen LogP contribution in [0.25, 0.3) is 0 Å². The first-order valence-electron chi connectivity index (χ1n) is 5.42. The first-order chi connectivity index (χ1) is 7.29. The summed E-state index contributed by atoms with van der Waals surface area (Å²) in [5, 5.41) is 0. The van der Waals surface area contributed by atoms with Crippen molar-refractivity contribution in [2.75, 3.05) is 7.11 Å². The van der Waals surface area contributed by atoms with Gasteiger partial charge in [-0.2, -0.15) is 0 Å². The van der Waals surface area contributed by atoms with Crippen molar-refractivity contribution >= 4 is 15.9 Å². The molecule has 2 rings (SSSR count). The molecule has 0 N–H and O–H groups in total. The summed E-state index contributed by atoms with van der Waals surface area (Å²) >= 11 is 3.77. The highest BCUT2D eigenvalue weighted by Crippen LogP contribution is 2.32. The zero-order valence-corrected chi connectivity index (χ0v) is 10.6. The number of ether oxygens (including phenoxy) is 1. The monoisotopic (exact) mass is 272 g/mol. The van der Waals surface area contributed by atoms with Gasteiger partial charge in [0.1, 0.15) is 0 Å². The lowest BCUT2D eigenvalue weighted by molar-refractivity contribution is 0.0582. The van der Waals surface area contributed by atoms with Gasteiger partial charge < -0.3 is 9.30 Å². The number of alkyl halides is 1. The number of methoxy groups -OCH3 is 1. The van der Waals surface area contributed by atoms with Crippen LogP contribution in [-0.2, 0) is 11.3 Å². The van der Waals surface area contributed by atoms with Gasteiger partial charge in [0.25, 0.3) is 0 Å². The average Bonchev–Trinajstić information content (AvgIpc) is 2.74. The van der Waals surface area contributed by atoms with Gasteiger partial charge >= 0.3 is 0 Å². The first kappa shape index (κ1) is 11.1. The molecule has 3 atom stereocenters. The van der Waals surface area contributed by atoms with E-state index in [-0.39, 0.29) is 0 Å². The van der Waals surface area contributed by atoms with Gasteiger partial charge in [0.15, 0.2) is 0 Å². The van der Waals surface area contributed by atoms with Crippen LogP contribution in [0.15, 0.2) is 18.7 Å². The van der Waals surface area contributed by atoms with Gasteiger partial charge in [0.05, 0.1) is 12.4 Å². The molecule has 0 amide bonds. The minimum absolute atomic E-state index is 0.438. The highest BCUT2D eigenvalue weighted by molar-refractivity contribution is 9.09. The molecule has 1 aliphatic rings. The largest absolute Gasteiger partial charge is 0.381 e. The Labute approximate surface area is 99.0 Å². The van der Waals surface area contributed by atoms with Gasteiger partial charge in [-0.25, -0.2) is 4.98 Å². The van der Waals surface area contributed by atoms with Crippen molar-refractivity contribution < 1.29 is 4.74 Å². The highest BCUT2D eigenvalue weighted by Gasteiger charge is 2.28. The Kier molecular flexibility index (Phi) is 3.81. The predicted molar refractivity (Wildman–Crippen MR) is 63.1 cm³/mol. The number of nitrogens with zero attached hydrogens (tertiary/aromatic N) is 2. The summed E-state index contributed by atoms with van der Waals surface area (Å²) in [4.78, 5) is 4.63. The Morgan fingerprint density at radius 3 is 3.00 bits per heavy atom. The Morgan fingerprint density at radius 2 is 2.40 bits per heavy atom. The lowest BCUT2D eigenvalue weighted by atomic mass is 9.87. The summed E-state index contributed by atoms with van der Waals surface area (Å²) < 4.78 is 7.55. The van der Waals surface area contributed by atoms with Gasteiger partial charge in [-0.05, 0) is 25.2 Å². The van der Waals surface area contributed by atoms with Crippen LogP contribution in [0.5, 0.6) is 0 Å². The molecule has 0 saturated heterocycles. The Balaban J connectivity index is 1.89. The summed E-state index contributed by atoms with van der Waals surface area (Å²) in [6.45, 7) is 1.06. The number of imidazole rings is 1. The number of aromatic nitrogens is 2. The van der Waals surface area contributed by atoms with Crippen molar-refractivity contribution in [3.8, 4) is 0 Å². The van der Waals surface area contributed by atoms with Crippen molar-refractivity contribution in [2.24, 2.45) is 5.92 Å². The molecule has 84 valence electrons. The smallest absolute Gasteiger partial charge is 0.0946 e. The molecule has 0 aromatic carbocycles. The molecule has 3 nitrogen and oxygen atoms in total. The molecule has 4 heteroatoms. The van der Waals surface area contributed by atoms with Crippen LogP contribution >= 0.6 is 15.9 Å². The summed E-state index contributed by atoms with van der Waals surface area (Å²) in [6, 6.07) is 0. The van der Waals surface area contributed by atoms with Crippen LogP contribution in [0.1, 0.15) is 19.3 Å². The molecule has 0 aliphatic heterocycles. The molecule has 1 fully saturated rings. The van der Waals surface area contributed by atoms with E-state index in [0.717, 1.165) is 13.0 Å². The maximum absolute atomic E-state index is 5.40. The third-order valence-electron chi connectivity index (χ3n) is 3.20. The van der Waals surface area contributed by atoms with Crippen LogP contribution in [0, 0.1) is 5.92 Å². The third kappa shape index (κ3) is 2.82. The molecule has 1 saturated carbocycles. The van der Waals surface area contributed by atoms with Crippen LogP contribution < -0.4 is 0 Å². The molecule has 1 aromatic rings. The number of halogens is 1. The van der Waals surface area contributed by atoms with E-state index in [9.17, 15) is 0 Å². The maximum Gasteiger partial charge on any atom is 0.0946 e. The minimum Gasteiger partial charge on any atom is -0.381 e. The van der Waals surface area contributed by atoms with Crippen molar-refractivity contribution in [1.82, 2.24) is 9.55 Å². The van der Waals surface area contributed by atoms with Crippen molar-refractivity contribution in [3.63, 3.8) is 0 Å². The molecule has 15 heavy (non-hydrogen) atoms. The summed E-state index contributed by atoms with van der Waals surface area (Å²) in [5.41, 5.74) is 0. The van der Waals surface area contributed by atoms with E-state index in [1.54, 1.807) is 7.11 Å². The fourth-order valence-corrected chi connectivity index (χ4v) is 3.08. The maximum atomic E-state index is 5.40. The Bertz CT molecular complexity index is 289. The number of rotatable bonds is 3. The van der Waals surface area contributed by atoms with Crippen LogP contribution in [-0.4, -0.2) is 27.6 Å². The van der Waals surface area contributed by atoms with Gasteiger partial charge in [0.2, 0.25) is 0 Å². The SMILES string of the molecule is CO[C@H]1CC[C@@H](Cn2ccnc2)C(Br)C1. The van der Waals surface area contributed by atoms with Crippen LogP contribution in [0.4, 0.5) is 0 Å². The second-order valence-corrected chi connectivity index (χ2v) is 5.38. The fraction of sp³-hybridized carbons (Fsp3) is 0.727. The van der Waals surface area contributed by atoms with E-state index in [1.807, 2.05) is 18.7 Å². The molecule has 1 aliphatic carbocycles. The van der Waals surface area contributed by atoms with Crippen molar-refractivity contribution in [2.45, 2.75) is 36.7 Å². The molecule has 0 radical (unpaired) electrons. The van der Waals surface area contributed by atoms with E-state index in [0.29, 0.717) is 16.8 Å². The average molecular weight is 273 g/mol. The second kappa shape index (κ2) is 5.12. The van der Waals surface area contributed by atoms with Gasteiger partial charge in [-0.15, -0.1) is 0 Å². The van der Waals surface area contributed by atoms with Gasteiger partial charge in [-0.1, -0.05) is 15.9 Å². The van der Waals surface area contributed by atoms with E-state index in [4.69, 9.17) is 4.74 Å². The topological polar surface area (TPSA) is 27.1 Å². The second-order valence-electron chi connectivity index (χ2n) is 4.21. The van der Waals surface area contributed by atoms with E-state index in [1.165, 1.54) is 12.8 Å². The zero-order chi connectivity index (χ0) is 10.7.